The number of hydrogen-bond acceptors (Lipinski definition) is 4. The highest BCUT2D eigenvalue weighted by Gasteiger charge is 2.38. The Balaban J connectivity index is 1.82. The van der Waals surface area contributed by atoms with Gasteiger partial charge in [-0.3, -0.25) is 4.98 Å². The van der Waals surface area contributed by atoms with Crippen molar-refractivity contribution in [2.75, 3.05) is 0 Å². The summed E-state index contributed by atoms with van der Waals surface area (Å²) in [5.41, 5.74) is 3.89. The number of aromatic nitrogens is 2. The maximum Gasteiger partial charge on any atom is 0.404 e. The fourth-order valence-corrected chi connectivity index (χ4v) is 4.80. The molecule has 0 radical (unpaired) electrons. The van der Waals surface area contributed by atoms with Gasteiger partial charge in [0.15, 0.2) is 0 Å². The first-order valence-corrected chi connectivity index (χ1v) is 11.6. The topological polar surface area (TPSA) is 87.8 Å². The molecular weight excluding hydrogens is 453 g/mol. The average molecular weight is 472 g/mol. The Morgan fingerprint density at radius 1 is 1.24 bits per heavy atom. The van der Waals surface area contributed by atoms with Gasteiger partial charge in [-0.1, -0.05) is 25.1 Å². The number of sulfonamides is 1. The van der Waals surface area contributed by atoms with Gasteiger partial charge >= 0.3 is 6.18 Å². The molecule has 0 unspecified atom stereocenters. The highest BCUT2D eigenvalue weighted by molar-refractivity contribution is 7.89. The van der Waals surface area contributed by atoms with Gasteiger partial charge in [0.1, 0.15) is 12.1 Å². The van der Waals surface area contributed by atoms with Crippen LogP contribution < -0.4 is 4.72 Å². The molecule has 0 aliphatic heterocycles. The summed E-state index contributed by atoms with van der Waals surface area (Å²) >= 11 is 0. The van der Waals surface area contributed by atoms with E-state index in [0.717, 1.165) is 29.2 Å². The summed E-state index contributed by atoms with van der Waals surface area (Å²) in [6, 6.07) is 7.29. The molecule has 1 atom stereocenters. The van der Waals surface area contributed by atoms with Gasteiger partial charge in [0, 0.05) is 16.8 Å². The summed E-state index contributed by atoms with van der Waals surface area (Å²) in [5, 5.41) is 10.7. The molecule has 0 saturated heterocycles. The van der Waals surface area contributed by atoms with Gasteiger partial charge in [0.2, 0.25) is 10.0 Å². The Kier molecular flexibility index (Phi) is 5.64. The molecule has 1 aromatic carbocycles. The number of halogens is 3. The lowest BCUT2D eigenvalue weighted by Gasteiger charge is -2.18. The van der Waals surface area contributed by atoms with E-state index in [2.05, 4.69) is 11.1 Å². The first-order chi connectivity index (χ1) is 15.6. The zero-order chi connectivity index (χ0) is 24.0. The minimum Gasteiger partial charge on any atom is -0.306 e. The summed E-state index contributed by atoms with van der Waals surface area (Å²) in [7, 11) is -4.39. The van der Waals surface area contributed by atoms with E-state index in [9.17, 15) is 26.9 Å². The van der Waals surface area contributed by atoms with Crippen molar-refractivity contribution in [3.05, 3.63) is 66.0 Å². The molecule has 10 heteroatoms. The molecule has 0 saturated carbocycles. The third-order valence-electron chi connectivity index (χ3n) is 5.44. The molecule has 170 valence electrons. The van der Waals surface area contributed by atoms with Crippen LogP contribution in [0.1, 0.15) is 25.1 Å². The van der Waals surface area contributed by atoms with Crippen LogP contribution in [0.5, 0.6) is 0 Å². The third-order valence-corrected chi connectivity index (χ3v) is 6.99. The second-order valence-corrected chi connectivity index (χ2v) is 9.29. The van der Waals surface area contributed by atoms with E-state index in [4.69, 9.17) is 0 Å². The Bertz CT molecular complexity index is 1440. The summed E-state index contributed by atoms with van der Waals surface area (Å²) < 4.78 is 66.7. The number of fused-ring (bicyclic) bond motifs is 1. The van der Waals surface area contributed by atoms with E-state index in [1.807, 2.05) is 35.8 Å². The summed E-state index contributed by atoms with van der Waals surface area (Å²) in [6.07, 6.45) is 3.30. The SMILES string of the molecule is CCc1cc2c(C#N)c(-c3ccc(S(=O)(=O)N[C@@H](C)C(F)(F)F)cc3)n(C3=CC=C3)c2cn1. The molecule has 0 fully saturated rings. The Morgan fingerprint density at radius 3 is 2.42 bits per heavy atom. The van der Waals surface area contributed by atoms with Crippen molar-refractivity contribution >= 4 is 26.6 Å². The predicted molar refractivity (Wildman–Crippen MR) is 119 cm³/mol. The monoisotopic (exact) mass is 472 g/mol. The number of nitrogens with one attached hydrogen (secondary N) is 1. The lowest BCUT2D eigenvalue weighted by Crippen LogP contribution is -2.42. The van der Waals surface area contributed by atoms with Crippen LogP contribution >= 0.6 is 0 Å². The van der Waals surface area contributed by atoms with Gasteiger partial charge in [0.25, 0.3) is 0 Å². The van der Waals surface area contributed by atoms with E-state index < -0.39 is 22.2 Å². The van der Waals surface area contributed by atoms with Crippen molar-refractivity contribution in [1.29, 1.82) is 5.26 Å². The maximum absolute atomic E-state index is 12.8. The molecule has 4 rings (SSSR count). The normalized spacial score (nSPS) is 14.6. The molecule has 0 bridgehead atoms. The van der Waals surface area contributed by atoms with Gasteiger partial charge < -0.3 is 4.57 Å². The van der Waals surface area contributed by atoms with Crippen LogP contribution in [0, 0.1) is 11.3 Å². The van der Waals surface area contributed by atoms with Gasteiger partial charge in [0.05, 0.1) is 27.9 Å². The first-order valence-electron chi connectivity index (χ1n) is 10.1. The molecule has 6 nitrogen and oxygen atoms in total. The maximum atomic E-state index is 12.8. The third kappa shape index (κ3) is 4.05. The molecular formula is C23H19F3N4O2S. The number of benzene rings is 1. The van der Waals surface area contributed by atoms with Crippen molar-refractivity contribution in [3.8, 4) is 17.3 Å². The fraction of sp³-hybridized carbons (Fsp3) is 0.217. The van der Waals surface area contributed by atoms with Crippen LogP contribution in [0.15, 0.2) is 59.7 Å². The number of pyridine rings is 1. The zero-order valence-corrected chi connectivity index (χ0v) is 18.5. The number of allylic oxidation sites excluding steroid dienone is 4. The van der Waals surface area contributed by atoms with Crippen LogP contribution in [-0.4, -0.2) is 30.2 Å². The van der Waals surface area contributed by atoms with Crippen molar-refractivity contribution in [3.63, 3.8) is 0 Å². The van der Waals surface area contributed by atoms with Gasteiger partial charge in [-0.05, 0) is 49.3 Å². The molecule has 1 aliphatic carbocycles. The summed E-state index contributed by atoms with van der Waals surface area (Å²) in [6.45, 7) is 2.70. The van der Waals surface area contributed by atoms with E-state index in [1.165, 1.54) is 24.3 Å². The molecule has 33 heavy (non-hydrogen) atoms. The Morgan fingerprint density at radius 2 is 1.91 bits per heavy atom. The van der Waals surface area contributed by atoms with Crippen LogP contribution in [-0.2, 0) is 16.4 Å². The standard InChI is InChI=1S/C23H19F3N4O2S/c1-3-16-11-19-20(12-27)22(30(17-5-4-6-17)21(19)13-28-16)15-7-9-18(10-8-15)33(31,32)29-14(2)23(24,25)26/h4-11,13-14,29H,3H2,1-2H3/t14-/m0/s1. The van der Waals surface area contributed by atoms with Gasteiger partial charge in [-0.2, -0.15) is 23.2 Å². The van der Waals surface area contributed by atoms with Crippen LogP contribution in [0.4, 0.5) is 13.2 Å². The number of alkyl halides is 3. The smallest absolute Gasteiger partial charge is 0.306 e. The summed E-state index contributed by atoms with van der Waals surface area (Å²) in [5.74, 6) is 0. The average Bonchev–Trinajstić information content (AvgIpc) is 3.04. The van der Waals surface area contributed by atoms with Gasteiger partial charge in [-0.15, -0.1) is 0 Å². The second-order valence-electron chi connectivity index (χ2n) is 7.58. The minimum absolute atomic E-state index is 0.304. The number of hydrogen-bond donors (Lipinski definition) is 1. The number of rotatable bonds is 6. The molecule has 1 N–H and O–H groups in total. The molecule has 1 aliphatic rings. The number of nitriles is 1. The first kappa shape index (κ1) is 22.8. The minimum atomic E-state index is -4.70. The molecule has 2 aromatic heterocycles. The quantitative estimate of drug-likeness (QED) is 0.560. The highest BCUT2D eigenvalue weighted by Crippen LogP contribution is 2.38. The van der Waals surface area contributed by atoms with Crippen LogP contribution in [0.25, 0.3) is 27.9 Å². The molecule has 0 spiro atoms. The van der Waals surface area contributed by atoms with E-state index >= 15 is 0 Å². The van der Waals surface area contributed by atoms with Gasteiger partial charge in [-0.25, -0.2) is 8.42 Å². The largest absolute Gasteiger partial charge is 0.404 e. The highest BCUT2D eigenvalue weighted by atomic mass is 32.2. The van der Waals surface area contributed by atoms with Crippen molar-refractivity contribution in [1.82, 2.24) is 14.3 Å². The van der Waals surface area contributed by atoms with Crippen LogP contribution in [0.2, 0.25) is 0 Å². The van der Waals surface area contributed by atoms with Crippen molar-refractivity contribution in [2.24, 2.45) is 0 Å². The summed E-state index contributed by atoms with van der Waals surface area (Å²) in [4.78, 5) is 4.14. The number of aryl methyl sites for hydroxylation is 1. The lowest BCUT2D eigenvalue weighted by atomic mass is 10.1. The van der Waals surface area contributed by atoms with E-state index in [1.54, 1.807) is 10.9 Å². The van der Waals surface area contributed by atoms with E-state index in [0.29, 0.717) is 23.2 Å². The molecule has 2 heterocycles. The second kappa shape index (κ2) is 8.17. The van der Waals surface area contributed by atoms with Crippen LogP contribution in [0.3, 0.4) is 0 Å². The zero-order valence-electron chi connectivity index (χ0n) is 17.7. The molecule has 3 aromatic rings. The Labute approximate surface area is 188 Å². The van der Waals surface area contributed by atoms with E-state index in [-0.39, 0.29) is 4.90 Å². The Hall–Kier alpha value is -3.42. The fourth-order valence-electron chi connectivity index (χ4n) is 3.57. The van der Waals surface area contributed by atoms with Crippen molar-refractivity contribution < 1.29 is 21.6 Å². The molecule has 0 amide bonds. The van der Waals surface area contributed by atoms with Crippen molar-refractivity contribution in [2.45, 2.75) is 37.4 Å². The number of nitrogens with zero attached hydrogens (tertiary/aromatic N) is 3. The predicted octanol–water partition coefficient (Wildman–Crippen LogP) is 4.78. The lowest BCUT2D eigenvalue weighted by molar-refractivity contribution is -0.147.